The number of carbonyl (C=O) groups excluding carboxylic acids is 1. The molecule has 0 radical (unpaired) electrons. The molecule has 0 bridgehead atoms. The summed E-state index contributed by atoms with van der Waals surface area (Å²) in [6.07, 6.45) is 0.902. The highest BCUT2D eigenvalue weighted by Crippen LogP contribution is 2.34. The Hall–Kier alpha value is -1.46. The molecule has 1 atom stereocenters. The second kappa shape index (κ2) is 5.67. The molecule has 5 nitrogen and oxygen atoms in total. The zero-order valence-corrected chi connectivity index (χ0v) is 11.6. The Morgan fingerprint density at radius 1 is 1.58 bits per heavy atom. The van der Waals surface area contributed by atoms with E-state index in [0.29, 0.717) is 41.7 Å². The Kier molecular flexibility index (Phi) is 4.17. The molecule has 2 rings (SSSR count). The minimum atomic E-state index is -0.523. The van der Waals surface area contributed by atoms with Crippen LogP contribution in [-0.4, -0.2) is 31.7 Å². The molecule has 104 valence electrons. The van der Waals surface area contributed by atoms with Gasteiger partial charge in [-0.2, -0.15) is 0 Å². The van der Waals surface area contributed by atoms with E-state index < -0.39 is 5.91 Å². The maximum Gasteiger partial charge on any atom is 0.250 e. The number of nitrogen functional groups attached to an aromatic ring is 1. The van der Waals surface area contributed by atoms with Crippen molar-refractivity contribution < 1.29 is 9.53 Å². The fourth-order valence-electron chi connectivity index (χ4n) is 2.39. The number of hydrogen-bond acceptors (Lipinski definition) is 4. The van der Waals surface area contributed by atoms with Crippen molar-refractivity contribution in [2.24, 2.45) is 5.73 Å². The molecule has 0 spiro atoms. The quantitative estimate of drug-likeness (QED) is 0.826. The third-order valence-corrected chi connectivity index (χ3v) is 3.63. The van der Waals surface area contributed by atoms with Crippen molar-refractivity contribution in [2.75, 3.05) is 30.4 Å². The summed E-state index contributed by atoms with van der Waals surface area (Å²) in [7, 11) is 0. The topological polar surface area (TPSA) is 81.6 Å². The largest absolute Gasteiger partial charge is 0.399 e. The number of amides is 1. The van der Waals surface area contributed by atoms with E-state index in [9.17, 15) is 4.79 Å². The summed E-state index contributed by atoms with van der Waals surface area (Å²) in [5, 5.41) is 0.453. The number of nitrogens with two attached hydrogens (primary N) is 2. The lowest BCUT2D eigenvalue weighted by Crippen LogP contribution is -2.46. The Labute approximate surface area is 117 Å². The van der Waals surface area contributed by atoms with Gasteiger partial charge in [0.15, 0.2) is 0 Å². The van der Waals surface area contributed by atoms with E-state index in [4.69, 9.17) is 27.8 Å². The smallest absolute Gasteiger partial charge is 0.250 e. The van der Waals surface area contributed by atoms with Crippen LogP contribution in [0.2, 0.25) is 5.02 Å². The average Bonchev–Trinajstić information content (AvgIpc) is 2.38. The zero-order chi connectivity index (χ0) is 14.0. The van der Waals surface area contributed by atoms with Crippen molar-refractivity contribution in [3.63, 3.8) is 0 Å². The first kappa shape index (κ1) is 14.0. The normalized spacial score (nSPS) is 19.5. The van der Waals surface area contributed by atoms with Crippen molar-refractivity contribution in [3.05, 3.63) is 22.7 Å². The lowest BCUT2D eigenvalue weighted by atomic mass is 10.1. The fourth-order valence-corrected chi connectivity index (χ4v) is 2.72. The SMILES string of the molecule is CCC1COCCN1c1c(Cl)cc(N)cc1C(N)=O. The average molecular weight is 284 g/mol. The van der Waals surface area contributed by atoms with E-state index in [1.807, 2.05) is 0 Å². The summed E-state index contributed by atoms with van der Waals surface area (Å²) in [6.45, 7) is 3.98. The van der Waals surface area contributed by atoms with Crippen LogP contribution in [0.15, 0.2) is 12.1 Å². The Bertz CT molecular complexity index is 493. The highest BCUT2D eigenvalue weighted by molar-refractivity contribution is 6.34. The zero-order valence-electron chi connectivity index (χ0n) is 10.9. The van der Waals surface area contributed by atoms with Gasteiger partial charge in [0.25, 0.3) is 5.91 Å². The van der Waals surface area contributed by atoms with E-state index >= 15 is 0 Å². The fraction of sp³-hybridized carbons (Fsp3) is 0.462. The molecule has 1 fully saturated rings. The molecule has 1 aromatic carbocycles. The van der Waals surface area contributed by atoms with Gasteiger partial charge in [-0.25, -0.2) is 0 Å². The number of benzene rings is 1. The number of hydrogen-bond donors (Lipinski definition) is 2. The van der Waals surface area contributed by atoms with E-state index in [1.165, 1.54) is 0 Å². The van der Waals surface area contributed by atoms with Crippen LogP contribution < -0.4 is 16.4 Å². The maximum absolute atomic E-state index is 11.6. The number of primary amides is 1. The minimum absolute atomic E-state index is 0.188. The summed E-state index contributed by atoms with van der Waals surface area (Å²) in [6, 6.07) is 3.41. The molecule has 1 aliphatic rings. The first-order valence-corrected chi connectivity index (χ1v) is 6.65. The highest BCUT2D eigenvalue weighted by Gasteiger charge is 2.27. The molecule has 1 aromatic rings. The van der Waals surface area contributed by atoms with Crippen LogP contribution in [0.4, 0.5) is 11.4 Å². The van der Waals surface area contributed by atoms with Crippen molar-refractivity contribution in [1.29, 1.82) is 0 Å². The lowest BCUT2D eigenvalue weighted by molar-refractivity contribution is 0.0921. The second-order valence-electron chi connectivity index (χ2n) is 4.59. The van der Waals surface area contributed by atoms with Crippen molar-refractivity contribution >= 4 is 28.9 Å². The van der Waals surface area contributed by atoms with Gasteiger partial charge in [0.1, 0.15) is 0 Å². The van der Waals surface area contributed by atoms with Crippen LogP contribution in [0.25, 0.3) is 0 Å². The lowest BCUT2D eigenvalue weighted by Gasteiger charge is -2.38. The molecule has 0 aliphatic carbocycles. The molecule has 0 saturated carbocycles. The molecule has 6 heteroatoms. The monoisotopic (exact) mass is 283 g/mol. The van der Waals surface area contributed by atoms with Crippen LogP contribution in [0.5, 0.6) is 0 Å². The molecule has 1 unspecified atom stereocenters. The highest BCUT2D eigenvalue weighted by atomic mass is 35.5. The molecule has 0 aromatic heterocycles. The molecule has 1 aliphatic heterocycles. The number of carbonyl (C=O) groups is 1. The van der Waals surface area contributed by atoms with Crippen LogP contribution in [-0.2, 0) is 4.74 Å². The number of morpholine rings is 1. The maximum atomic E-state index is 11.6. The van der Waals surface area contributed by atoms with E-state index in [2.05, 4.69) is 11.8 Å². The predicted octanol–water partition coefficient (Wildman–Crippen LogP) is 1.64. The Balaban J connectivity index is 2.50. The van der Waals surface area contributed by atoms with Gasteiger partial charge in [-0.05, 0) is 18.6 Å². The van der Waals surface area contributed by atoms with E-state index in [-0.39, 0.29) is 6.04 Å². The van der Waals surface area contributed by atoms with Gasteiger partial charge in [0.05, 0.1) is 35.5 Å². The first-order chi connectivity index (χ1) is 9.04. The first-order valence-electron chi connectivity index (χ1n) is 6.27. The van der Waals surface area contributed by atoms with Gasteiger partial charge in [0.2, 0.25) is 0 Å². The number of nitrogens with zero attached hydrogens (tertiary/aromatic N) is 1. The van der Waals surface area contributed by atoms with Crippen LogP contribution >= 0.6 is 11.6 Å². The molecule has 19 heavy (non-hydrogen) atoms. The number of ether oxygens (including phenoxy) is 1. The number of halogens is 1. The van der Waals surface area contributed by atoms with Crippen LogP contribution in [0, 0.1) is 0 Å². The molecular formula is C13H18ClN3O2. The number of anilines is 2. The van der Waals surface area contributed by atoms with Gasteiger partial charge in [-0.15, -0.1) is 0 Å². The van der Waals surface area contributed by atoms with Gasteiger partial charge in [0, 0.05) is 12.2 Å². The summed E-state index contributed by atoms with van der Waals surface area (Å²) >= 11 is 6.26. The standard InChI is InChI=1S/C13H18ClN3O2/c1-2-9-7-19-4-3-17(9)12-10(13(16)18)5-8(15)6-11(12)14/h5-6,9H,2-4,7,15H2,1H3,(H2,16,18). The number of rotatable bonds is 3. The molecular weight excluding hydrogens is 266 g/mol. The van der Waals surface area contributed by atoms with E-state index in [0.717, 1.165) is 6.42 Å². The minimum Gasteiger partial charge on any atom is -0.399 e. The summed E-state index contributed by atoms with van der Waals surface area (Å²) in [5.74, 6) is -0.523. The van der Waals surface area contributed by atoms with Crippen molar-refractivity contribution in [3.8, 4) is 0 Å². The molecule has 1 heterocycles. The second-order valence-corrected chi connectivity index (χ2v) is 5.00. The third-order valence-electron chi connectivity index (χ3n) is 3.34. The van der Waals surface area contributed by atoms with Gasteiger partial charge < -0.3 is 21.1 Å². The van der Waals surface area contributed by atoms with Crippen LogP contribution in [0.3, 0.4) is 0 Å². The third kappa shape index (κ3) is 2.77. The van der Waals surface area contributed by atoms with Crippen molar-refractivity contribution in [2.45, 2.75) is 19.4 Å². The van der Waals surface area contributed by atoms with E-state index in [1.54, 1.807) is 12.1 Å². The van der Waals surface area contributed by atoms with Gasteiger partial charge >= 0.3 is 0 Å². The molecule has 1 amide bonds. The summed E-state index contributed by atoms with van der Waals surface area (Å²) < 4.78 is 5.46. The summed E-state index contributed by atoms with van der Waals surface area (Å²) in [5.41, 5.74) is 12.6. The molecule has 4 N–H and O–H groups in total. The van der Waals surface area contributed by atoms with Gasteiger partial charge in [-0.3, -0.25) is 4.79 Å². The predicted molar refractivity (Wildman–Crippen MR) is 76.6 cm³/mol. The Morgan fingerprint density at radius 3 is 2.95 bits per heavy atom. The molecule has 1 saturated heterocycles. The summed E-state index contributed by atoms with van der Waals surface area (Å²) in [4.78, 5) is 13.7. The van der Waals surface area contributed by atoms with Crippen LogP contribution in [0.1, 0.15) is 23.7 Å². The Morgan fingerprint density at radius 2 is 2.32 bits per heavy atom. The van der Waals surface area contributed by atoms with Crippen molar-refractivity contribution in [1.82, 2.24) is 0 Å². The van der Waals surface area contributed by atoms with Gasteiger partial charge in [-0.1, -0.05) is 18.5 Å².